The highest BCUT2D eigenvalue weighted by Gasteiger charge is 2.33. The second kappa shape index (κ2) is 4.30. The quantitative estimate of drug-likeness (QED) is 0.795. The Morgan fingerprint density at radius 1 is 1.77 bits per heavy atom. The van der Waals surface area contributed by atoms with E-state index in [1.54, 1.807) is 0 Å². The number of ether oxygens (including phenoxy) is 1. The second-order valence-electron chi connectivity index (χ2n) is 3.42. The molecule has 1 fully saturated rings. The van der Waals surface area contributed by atoms with Crippen molar-refractivity contribution in [2.75, 3.05) is 0 Å². The van der Waals surface area contributed by atoms with Gasteiger partial charge in [0, 0.05) is 5.92 Å². The fraction of sp³-hybridized carbons (Fsp3) is 0.667. The van der Waals surface area contributed by atoms with E-state index in [0.717, 1.165) is 0 Å². The van der Waals surface area contributed by atoms with Crippen LogP contribution < -0.4 is 5.32 Å². The van der Waals surface area contributed by atoms with E-state index in [9.17, 15) is 4.79 Å². The molecule has 0 unspecified atom stereocenters. The molecule has 1 saturated heterocycles. The molecule has 74 valence electrons. The Bertz CT molecular complexity index is 236. The number of allylic oxidation sites excluding steroid dienone is 1. The molecule has 0 saturated carbocycles. The van der Waals surface area contributed by atoms with Crippen LogP contribution in [0.3, 0.4) is 0 Å². The first-order valence-electron chi connectivity index (χ1n) is 4.31. The van der Waals surface area contributed by atoms with Crippen molar-refractivity contribution >= 4 is 28.7 Å². The molecule has 3 nitrogen and oxygen atoms in total. The van der Waals surface area contributed by atoms with Crippen LogP contribution in [0.1, 0.15) is 20.8 Å². The van der Waals surface area contributed by atoms with Gasteiger partial charge in [0.1, 0.15) is 6.10 Å². The van der Waals surface area contributed by atoms with Crippen molar-refractivity contribution in [2.45, 2.75) is 32.9 Å². The summed E-state index contributed by atoms with van der Waals surface area (Å²) in [4.78, 5) is 10.9. The zero-order chi connectivity index (χ0) is 10.0. The lowest BCUT2D eigenvalue weighted by Crippen LogP contribution is -2.31. The fourth-order valence-electron chi connectivity index (χ4n) is 1.55. The second-order valence-corrected chi connectivity index (χ2v) is 5.12. The normalized spacial score (nSPS) is 31.1. The summed E-state index contributed by atoms with van der Waals surface area (Å²) in [5, 5.41) is 2.73. The molecule has 0 bridgehead atoms. The Balaban J connectivity index is 2.62. The van der Waals surface area contributed by atoms with Crippen molar-refractivity contribution in [2.24, 2.45) is 5.92 Å². The maximum absolute atomic E-state index is 10.9. The molecule has 0 aliphatic carbocycles. The van der Waals surface area contributed by atoms with Crippen molar-refractivity contribution in [1.82, 2.24) is 5.32 Å². The average Bonchev–Trinajstić information content (AvgIpc) is 2.28. The van der Waals surface area contributed by atoms with Gasteiger partial charge in [-0.05, 0) is 40.0 Å². The van der Waals surface area contributed by atoms with Crippen molar-refractivity contribution in [3.05, 3.63) is 9.66 Å². The minimum atomic E-state index is -0.302. The van der Waals surface area contributed by atoms with Gasteiger partial charge in [0.25, 0.3) is 0 Å². The molecular formula is C9H14INO2. The fourth-order valence-corrected chi connectivity index (χ4v) is 2.11. The number of halogens is 1. The van der Waals surface area contributed by atoms with Gasteiger partial charge in [0.05, 0.1) is 6.04 Å². The summed E-state index contributed by atoms with van der Waals surface area (Å²) in [6.07, 6.45) is 1.78. The first-order chi connectivity index (χ1) is 6.00. The van der Waals surface area contributed by atoms with Crippen molar-refractivity contribution in [1.29, 1.82) is 0 Å². The molecule has 1 aliphatic heterocycles. The van der Waals surface area contributed by atoms with Gasteiger partial charge in [0.2, 0.25) is 0 Å². The Hall–Kier alpha value is -0.260. The molecule has 1 amide bonds. The van der Waals surface area contributed by atoms with Crippen LogP contribution in [0, 0.1) is 5.92 Å². The Kier molecular flexibility index (Phi) is 3.58. The van der Waals surface area contributed by atoms with Crippen LogP contribution >= 0.6 is 22.6 Å². The topological polar surface area (TPSA) is 38.3 Å². The van der Waals surface area contributed by atoms with E-state index in [4.69, 9.17) is 4.74 Å². The zero-order valence-corrected chi connectivity index (χ0v) is 10.2. The van der Waals surface area contributed by atoms with Crippen LogP contribution in [0.25, 0.3) is 0 Å². The molecule has 0 aromatic rings. The number of carbonyl (C=O) groups excluding carboxylic acids is 1. The lowest BCUT2D eigenvalue weighted by Gasteiger charge is -2.17. The molecule has 4 heteroatoms. The van der Waals surface area contributed by atoms with E-state index in [1.807, 2.05) is 13.8 Å². The van der Waals surface area contributed by atoms with Crippen LogP contribution in [0.2, 0.25) is 0 Å². The van der Waals surface area contributed by atoms with E-state index < -0.39 is 0 Å². The van der Waals surface area contributed by atoms with Crippen LogP contribution in [-0.2, 0) is 4.74 Å². The summed E-state index contributed by atoms with van der Waals surface area (Å²) in [6.45, 7) is 6.05. The van der Waals surface area contributed by atoms with Crippen molar-refractivity contribution < 1.29 is 9.53 Å². The van der Waals surface area contributed by atoms with Gasteiger partial charge in [-0.15, -0.1) is 0 Å². The van der Waals surface area contributed by atoms with Gasteiger partial charge in [-0.1, -0.05) is 13.0 Å². The van der Waals surface area contributed by atoms with E-state index in [2.05, 4.69) is 40.9 Å². The molecule has 1 aliphatic rings. The molecule has 0 radical (unpaired) electrons. The van der Waals surface area contributed by atoms with Gasteiger partial charge in [0.15, 0.2) is 0 Å². The zero-order valence-electron chi connectivity index (χ0n) is 8.00. The number of alkyl carbamates (subject to hydrolysis) is 1. The Morgan fingerprint density at radius 3 is 2.77 bits per heavy atom. The third-order valence-electron chi connectivity index (χ3n) is 2.09. The molecule has 0 aromatic carbocycles. The predicted octanol–water partition coefficient (Wildman–Crippen LogP) is 2.46. The van der Waals surface area contributed by atoms with E-state index >= 15 is 0 Å². The summed E-state index contributed by atoms with van der Waals surface area (Å²) < 4.78 is 6.36. The largest absolute Gasteiger partial charge is 0.443 e. The van der Waals surface area contributed by atoms with Gasteiger partial charge < -0.3 is 10.1 Å². The highest BCUT2D eigenvalue weighted by molar-refractivity contribution is 14.1. The van der Waals surface area contributed by atoms with Crippen LogP contribution in [0.4, 0.5) is 4.79 Å². The molecule has 3 atom stereocenters. The lowest BCUT2D eigenvalue weighted by atomic mass is 9.99. The molecule has 1 rings (SSSR count). The van der Waals surface area contributed by atoms with E-state index in [-0.39, 0.29) is 24.2 Å². The number of nitrogens with one attached hydrogen (secondary N) is 1. The van der Waals surface area contributed by atoms with Gasteiger partial charge in [-0.3, -0.25) is 0 Å². The number of hydrogen-bond acceptors (Lipinski definition) is 2. The number of carbonyl (C=O) groups is 1. The summed E-state index contributed by atoms with van der Waals surface area (Å²) in [7, 11) is 0. The molecule has 0 aromatic heterocycles. The Labute approximate surface area is 92.1 Å². The van der Waals surface area contributed by atoms with Crippen molar-refractivity contribution in [3.8, 4) is 0 Å². The minimum absolute atomic E-state index is 0.0304. The van der Waals surface area contributed by atoms with Gasteiger partial charge >= 0.3 is 6.09 Å². The maximum atomic E-state index is 10.9. The minimum Gasteiger partial charge on any atom is -0.443 e. The number of cyclic esters (lactones) is 1. The summed E-state index contributed by atoms with van der Waals surface area (Å²) in [6, 6.07) is 0.106. The molecule has 13 heavy (non-hydrogen) atoms. The summed E-state index contributed by atoms with van der Waals surface area (Å²) in [5.74, 6) is 0.269. The smallest absolute Gasteiger partial charge is 0.407 e. The maximum Gasteiger partial charge on any atom is 0.407 e. The van der Waals surface area contributed by atoms with Gasteiger partial charge in [-0.2, -0.15) is 0 Å². The van der Waals surface area contributed by atoms with Crippen LogP contribution in [-0.4, -0.2) is 18.2 Å². The third kappa shape index (κ3) is 2.86. The standard InChI is InChI=1S/C9H14INO2/c1-5(4-6(2)10)8-7(3)11-9(12)13-8/h4-5,7-8H,1-3H3,(H,11,12)/b6-4+/t5-,7+,8-/m1/s1. The molecular weight excluding hydrogens is 281 g/mol. The van der Waals surface area contributed by atoms with Crippen LogP contribution in [0.15, 0.2) is 9.66 Å². The molecule has 1 N–H and O–H groups in total. The summed E-state index contributed by atoms with van der Waals surface area (Å²) in [5.41, 5.74) is 0. The van der Waals surface area contributed by atoms with Crippen LogP contribution in [0.5, 0.6) is 0 Å². The van der Waals surface area contributed by atoms with Gasteiger partial charge in [-0.25, -0.2) is 4.79 Å². The monoisotopic (exact) mass is 295 g/mol. The average molecular weight is 295 g/mol. The van der Waals surface area contributed by atoms with E-state index in [1.165, 1.54) is 3.58 Å². The Morgan fingerprint density at radius 2 is 2.38 bits per heavy atom. The molecule has 1 heterocycles. The number of rotatable bonds is 2. The molecule has 0 spiro atoms. The number of amides is 1. The highest BCUT2D eigenvalue weighted by atomic mass is 127. The van der Waals surface area contributed by atoms with E-state index in [0.29, 0.717) is 0 Å². The SMILES string of the molecule is C/C(I)=C\[C@@H](C)[C@H]1OC(=O)N[C@H]1C. The first-order valence-corrected chi connectivity index (χ1v) is 5.39. The van der Waals surface area contributed by atoms with Crippen molar-refractivity contribution in [3.63, 3.8) is 0 Å². The third-order valence-corrected chi connectivity index (χ3v) is 2.45. The summed E-state index contributed by atoms with van der Waals surface area (Å²) >= 11 is 2.26. The first kappa shape index (κ1) is 10.8. The highest BCUT2D eigenvalue weighted by Crippen LogP contribution is 2.21. The lowest BCUT2D eigenvalue weighted by molar-refractivity contribution is 0.112. The number of hydrogen-bond donors (Lipinski definition) is 1. The predicted molar refractivity (Wildman–Crippen MR) is 59.8 cm³/mol.